The Labute approximate surface area is 232 Å². The van der Waals surface area contributed by atoms with Crippen molar-refractivity contribution < 1.29 is 9.47 Å². The van der Waals surface area contributed by atoms with Crippen LogP contribution in [0.2, 0.25) is 0 Å². The number of nitrogens with zero attached hydrogens (tertiary/aromatic N) is 3. The first-order valence-electron chi connectivity index (χ1n) is 13.2. The highest BCUT2D eigenvalue weighted by molar-refractivity contribution is 7.17. The maximum Gasteiger partial charge on any atom is 0.150 e. The van der Waals surface area contributed by atoms with Gasteiger partial charge in [-0.3, -0.25) is 0 Å². The first-order valence-corrected chi connectivity index (χ1v) is 14.1. The van der Waals surface area contributed by atoms with Crippen molar-refractivity contribution in [1.29, 1.82) is 0 Å². The molecule has 0 fully saturated rings. The van der Waals surface area contributed by atoms with Crippen LogP contribution in [0.25, 0.3) is 21.2 Å². The number of H-pyrrole nitrogens is 1. The van der Waals surface area contributed by atoms with E-state index in [2.05, 4.69) is 100 Å². The van der Waals surface area contributed by atoms with Crippen molar-refractivity contribution in [3.63, 3.8) is 0 Å². The fourth-order valence-electron chi connectivity index (χ4n) is 5.17. The van der Waals surface area contributed by atoms with Gasteiger partial charge in [-0.25, -0.2) is 5.10 Å². The maximum absolute atomic E-state index is 6.31. The number of tetrazole rings is 1. The summed E-state index contributed by atoms with van der Waals surface area (Å²) in [5.74, 6) is 8.84. The second-order valence-electron chi connectivity index (χ2n) is 10.5. The van der Waals surface area contributed by atoms with Gasteiger partial charge in [0.1, 0.15) is 29.5 Å². The number of hydrogen-bond acceptors (Lipinski definition) is 6. The summed E-state index contributed by atoms with van der Waals surface area (Å²) >= 11 is 1.78. The standard InChI is InChI=1S/C32H30N4O2S/c1-4-6-23(18-31-33-35-36-34-31)22-10-12-24(13-11-22)37-19-21-9-14-30-27(17-21)28(20-39-30)25-7-5-8-29-26(25)15-16-32(2,3)38-29/h5,7-14,17,20,23H,15-16,18-19H2,1-3H3,(H,33,34,35,36). The predicted molar refractivity (Wildman–Crippen MR) is 155 cm³/mol. The fourth-order valence-corrected chi connectivity index (χ4v) is 6.11. The Kier molecular flexibility index (Phi) is 6.80. The van der Waals surface area contributed by atoms with E-state index in [9.17, 15) is 0 Å². The Bertz CT molecular complexity index is 1660. The molecule has 5 aromatic rings. The van der Waals surface area contributed by atoms with E-state index in [0.717, 1.165) is 41.3 Å². The molecule has 0 radical (unpaired) electrons. The molecular formula is C32H30N4O2S. The molecule has 3 heterocycles. The van der Waals surface area contributed by atoms with Gasteiger partial charge in [0.25, 0.3) is 0 Å². The maximum atomic E-state index is 6.31. The van der Waals surface area contributed by atoms with E-state index in [0.29, 0.717) is 13.0 Å². The lowest BCUT2D eigenvalue weighted by molar-refractivity contribution is 0.0849. The van der Waals surface area contributed by atoms with Crippen molar-refractivity contribution in [2.45, 2.75) is 58.2 Å². The van der Waals surface area contributed by atoms with Crippen LogP contribution in [0, 0.1) is 11.8 Å². The zero-order valence-corrected chi connectivity index (χ0v) is 23.1. The molecule has 3 aromatic carbocycles. The number of aromatic amines is 1. The number of nitrogens with one attached hydrogen (secondary N) is 1. The molecule has 0 amide bonds. The number of aromatic nitrogens is 4. The predicted octanol–water partition coefficient (Wildman–Crippen LogP) is 7.11. The summed E-state index contributed by atoms with van der Waals surface area (Å²) in [6.07, 6.45) is 2.67. The normalized spacial score (nSPS) is 14.6. The number of rotatable bonds is 7. The molecule has 0 saturated heterocycles. The Hall–Kier alpha value is -4.15. The summed E-state index contributed by atoms with van der Waals surface area (Å²) in [5, 5.41) is 17.7. The van der Waals surface area contributed by atoms with Crippen molar-refractivity contribution in [2.75, 3.05) is 0 Å². The monoisotopic (exact) mass is 534 g/mol. The fraction of sp³-hybridized carbons (Fsp3) is 0.281. The average Bonchev–Trinajstić information content (AvgIpc) is 3.61. The van der Waals surface area contributed by atoms with E-state index in [1.807, 2.05) is 19.1 Å². The molecule has 0 aliphatic carbocycles. The zero-order valence-electron chi connectivity index (χ0n) is 22.3. The van der Waals surface area contributed by atoms with Gasteiger partial charge >= 0.3 is 0 Å². The lowest BCUT2D eigenvalue weighted by atomic mass is 9.89. The number of benzene rings is 3. The van der Waals surface area contributed by atoms with Gasteiger partial charge in [0.05, 0.1) is 5.92 Å². The second kappa shape index (κ2) is 10.5. The summed E-state index contributed by atoms with van der Waals surface area (Å²) in [6.45, 7) is 6.67. The van der Waals surface area contributed by atoms with Crippen LogP contribution in [-0.4, -0.2) is 26.2 Å². The summed E-state index contributed by atoms with van der Waals surface area (Å²) in [7, 11) is 0. The SMILES string of the molecule is CC#CC(Cc1nnn[nH]1)c1ccc(OCc2ccc3scc(-c4cccc5c4CCC(C)(C)O5)c3c2)cc1. The van der Waals surface area contributed by atoms with Crippen molar-refractivity contribution in [3.05, 3.63) is 88.6 Å². The van der Waals surface area contributed by atoms with E-state index >= 15 is 0 Å². The summed E-state index contributed by atoms with van der Waals surface area (Å²) in [5.41, 5.74) is 5.98. The highest BCUT2D eigenvalue weighted by atomic mass is 32.1. The van der Waals surface area contributed by atoms with Gasteiger partial charge in [0.2, 0.25) is 0 Å². The van der Waals surface area contributed by atoms with Crippen molar-refractivity contribution in [2.24, 2.45) is 0 Å². The molecule has 6 nitrogen and oxygen atoms in total. The molecule has 0 bridgehead atoms. The van der Waals surface area contributed by atoms with E-state index < -0.39 is 0 Å². The lowest BCUT2D eigenvalue weighted by Crippen LogP contribution is -2.32. The molecule has 2 aromatic heterocycles. The van der Waals surface area contributed by atoms with Crippen molar-refractivity contribution >= 4 is 21.4 Å². The summed E-state index contributed by atoms with van der Waals surface area (Å²) in [6, 6.07) is 21.2. The minimum Gasteiger partial charge on any atom is -0.489 e. The van der Waals surface area contributed by atoms with Gasteiger partial charge in [-0.05, 0) is 96.4 Å². The number of thiophene rings is 1. The van der Waals surface area contributed by atoms with Crippen LogP contribution in [0.5, 0.6) is 11.5 Å². The Morgan fingerprint density at radius 2 is 1.97 bits per heavy atom. The van der Waals surface area contributed by atoms with E-state index in [1.165, 1.54) is 26.8 Å². The Morgan fingerprint density at radius 1 is 1.10 bits per heavy atom. The van der Waals surface area contributed by atoms with Crippen LogP contribution >= 0.6 is 11.3 Å². The second-order valence-corrected chi connectivity index (χ2v) is 11.4. The lowest BCUT2D eigenvalue weighted by Gasteiger charge is -2.33. The molecule has 6 rings (SSSR count). The van der Waals surface area contributed by atoms with Crippen LogP contribution in [-0.2, 0) is 19.4 Å². The number of fused-ring (bicyclic) bond motifs is 2. The minimum absolute atomic E-state index is 0.0124. The molecular weight excluding hydrogens is 504 g/mol. The summed E-state index contributed by atoms with van der Waals surface area (Å²) in [4.78, 5) is 0. The smallest absolute Gasteiger partial charge is 0.150 e. The molecule has 1 N–H and O–H groups in total. The third-order valence-corrected chi connectivity index (χ3v) is 8.18. The highest BCUT2D eigenvalue weighted by Gasteiger charge is 2.28. The number of ether oxygens (including phenoxy) is 2. The third-order valence-electron chi connectivity index (χ3n) is 7.22. The Morgan fingerprint density at radius 3 is 2.77 bits per heavy atom. The largest absolute Gasteiger partial charge is 0.489 e. The highest BCUT2D eigenvalue weighted by Crippen LogP contribution is 2.42. The molecule has 1 atom stereocenters. The third kappa shape index (κ3) is 5.39. The van der Waals surface area contributed by atoms with Crippen LogP contribution in [0.15, 0.2) is 66.0 Å². The van der Waals surface area contributed by atoms with Gasteiger partial charge in [-0.15, -0.1) is 22.4 Å². The van der Waals surface area contributed by atoms with E-state index in [1.54, 1.807) is 11.3 Å². The average molecular weight is 535 g/mol. The van der Waals surface area contributed by atoms with Crippen molar-refractivity contribution in [3.8, 4) is 34.5 Å². The van der Waals surface area contributed by atoms with Crippen LogP contribution in [0.4, 0.5) is 0 Å². The molecule has 1 aliphatic rings. The van der Waals surface area contributed by atoms with E-state index in [-0.39, 0.29) is 11.5 Å². The Balaban J connectivity index is 1.20. The topological polar surface area (TPSA) is 72.9 Å². The molecule has 196 valence electrons. The van der Waals surface area contributed by atoms with Gasteiger partial charge < -0.3 is 9.47 Å². The molecule has 1 unspecified atom stereocenters. The van der Waals surface area contributed by atoms with Gasteiger partial charge in [0, 0.05) is 27.6 Å². The van der Waals surface area contributed by atoms with Gasteiger partial charge in [-0.1, -0.05) is 36.3 Å². The molecule has 39 heavy (non-hydrogen) atoms. The first kappa shape index (κ1) is 25.1. The molecule has 1 aliphatic heterocycles. The number of hydrogen-bond donors (Lipinski definition) is 1. The van der Waals surface area contributed by atoms with Crippen LogP contribution in [0.3, 0.4) is 0 Å². The minimum atomic E-state index is -0.121. The van der Waals surface area contributed by atoms with Crippen LogP contribution < -0.4 is 9.47 Å². The molecule has 0 spiro atoms. The summed E-state index contributed by atoms with van der Waals surface area (Å²) < 4.78 is 13.8. The van der Waals surface area contributed by atoms with Crippen molar-refractivity contribution in [1.82, 2.24) is 20.6 Å². The molecule has 0 saturated carbocycles. The van der Waals surface area contributed by atoms with E-state index in [4.69, 9.17) is 9.47 Å². The van der Waals surface area contributed by atoms with Gasteiger partial charge in [0.15, 0.2) is 0 Å². The zero-order chi connectivity index (χ0) is 26.8. The molecule has 7 heteroatoms. The van der Waals surface area contributed by atoms with Gasteiger partial charge in [-0.2, -0.15) is 0 Å². The first-order chi connectivity index (χ1) is 19.0. The van der Waals surface area contributed by atoms with Crippen LogP contribution in [0.1, 0.15) is 55.6 Å². The quantitative estimate of drug-likeness (QED) is 0.225.